The summed E-state index contributed by atoms with van der Waals surface area (Å²) in [5.41, 5.74) is 3.68. The lowest BCUT2D eigenvalue weighted by Gasteiger charge is -2.09. The minimum absolute atomic E-state index is 0.223. The number of nitrogens with one attached hydrogen (secondary N) is 2. The van der Waals surface area contributed by atoms with Crippen LogP contribution in [0, 0.1) is 5.82 Å². The molecule has 0 amide bonds. The highest BCUT2D eigenvalue weighted by molar-refractivity contribution is 5.80. The third-order valence-electron chi connectivity index (χ3n) is 4.71. The molecular weight excluding hydrogens is 385 g/mol. The smallest absolute Gasteiger partial charge is 0.258 e. The summed E-state index contributed by atoms with van der Waals surface area (Å²) >= 11 is 0. The zero-order valence-electron chi connectivity index (χ0n) is 15.7. The van der Waals surface area contributed by atoms with Crippen molar-refractivity contribution in [2.24, 2.45) is 0 Å². The van der Waals surface area contributed by atoms with Crippen LogP contribution in [-0.4, -0.2) is 24.7 Å². The molecule has 0 fully saturated rings. The number of halogens is 1. The van der Waals surface area contributed by atoms with E-state index in [1.807, 2.05) is 24.3 Å². The molecule has 3 heterocycles. The van der Waals surface area contributed by atoms with E-state index in [1.54, 1.807) is 30.6 Å². The second-order valence-electron chi connectivity index (χ2n) is 6.74. The average molecular weight is 401 g/mol. The Morgan fingerprint density at radius 3 is 2.67 bits per heavy atom. The van der Waals surface area contributed by atoms with Crippen molar-refractivity contribution in [2.45, 2.75) is 6.61 Å². The zero-order chi connectivity index (χ0) is 20.5. The van der Waals surface area contributed by atoms with Crippen LogP contribution in [0.4, 0.5) is 4.39 Å². The fourth-order valence-corrected chi connectivity index (χ4v) is 3.17. The van der Waals surface area contributed by atoms with Gasteiger partial charge < -0.3 is 9.72 Å². The highest BCUT2D eigenvalue weighted by atomic mass is 19.1. The minimum Gasteiger partial charge on any atom is -0.489 e. The Kier molecular flexibility index (Phi) is 4.36. The SMILES string of the molecule is O=c1cc(OCc2ccc(F)cc2)ccn1-c1ccc2nc(-c3ccn[nH]3)[nH]c2c1. The fraction of sp³-hybridized carbons (Fsp3) is 0.0455. The van der Waals surface area contributed by atoms with Gasteiger partial charge in [-0.05, 0) is 48.0 Å². The fourth-order valence-electron chi connectivity index (χ4n) is 3.17. The molecule has 2 aromatic carbocycles. The van der Waals surface area contributed by atoms with Gasteiger partial charge in [0.1, 0.15) is 23.9 Å². The van der Waals surface area contributed by atoms with Crippen molar-refractivity contribution < 1.29 is 9.13 Å². The van der Waals surface area contributed by atoms with E-state index < -0.39 is 0 Å². The summed E-state index contributed by atoms with van der Waals surface area (Å²) in [7, 11) is 0. The molecule has 0 unspecified atom stereocenters. The second kappa shape index (κ2) is 7.32. The van der Waals surface area contributed by atoms with Crippen molar-refractivity contribution >= 4 is 11.0 Å². The number of fused-ring (bicyclic) bond motifs is 1. The van der Waals surface area contributed by atoms with Crippen molar-refractivity contribution in [1.29, 1.82) is 0 Å². The molecule has 0 radical (unpaired) electrons. The Labute approximate surface area is 169 Å². The Bertz CT molecular complexity index is 1370. The van der Waals surface area contributed by atoms with Crippen molar-refractivity contribution in [2.75, 3.05) is 0 Å². The molecule has 7 nitrogen and oxygen atoms in total. The van der Waals surface area contributed by atoms with Gasteiger partial charge in [0.15, 0.2) is 5.82 Å². The summed E-state index contributed by atoms with van der Waals surface area (Å²) in [6, 6.07) is 16.6. The Morgan fingerprint density at radius 2 is 1.90 bits per heavy atom. The van der Waals surface area contributed by atoms with E-state index in [-0.39, 0.29) is 18.0 Å². The molecule has 148 valence electrons. The third kappa shape index (κ3) is 3.46. The van der Waals surface area contributed by atoms with E-state index in [1.165, 1.54) is 22.8 Å². The zero-order valence-corrected chi connectivity index (χ0v) is 15.7. The summed E-state index contributed by atoms with van der Waals surface area (Å²) < 4.78 is 20.2. The summed E-state index contributed by atoms with van der Waals surface area (Å²) in [6.45, 7) is 0.250. The molecule has 3 aromatic heterocycles. The number of rotatable bonds is 5. The van der Waals surface area contributed by atoms with E-state index in [4.69, 9.17) is 4.74 Å². The molecule has 0 spiro atoms. The maximum absolute atomic E-state index is 13.0. The van der Waals surface area contributed by atoms with Gasteiger partial charge in [0.25, 0.3) is 5.56 Å². The van der Waals surface area contributed by atoms with Crippen LogP contribution in [0.1, 0.15) is 5.56 Å². The van der Waals surface area contributed by atoms with E-state index in [0.29, 0.717) is 17.3 Å². The van der Waals surface area contributed by atoms with Crippen molar-refractivity contribution in [3.63, 3.8) is 0 Å². The van der Waals surface area contributed by atoms with Gasteiger partial charge in [0.2, 0.25) is 0 Å². The number of H-pyrrole nitrogens is 2. The number of pyridine rings is 1. The number of nitrogens with zero attached hydrogens (tertiary/aromatic N) is 3. The van der Waals surface area contributed by atoms with Crippen molar-refractivity contribution in [3.05, 3.63) is 94.8 Å². The first kappa shape index (κ1) is 17.9. The lowest BCUT2D eigenvalue weighted by atomic mass is 10.2. The standard InChI is InChI=1S/C22H16FN5O2/c23-15-3-1-14(2-4-15)13-30-17-8-10-28(21(29)12-17)16-5-6-18-20(11-16)26-22(25-18)19-7-9-24-27-19/h1-12H,13H2,(H,24,27)(H,25,26). The number of benzene rings is 2. The maximum atomic E-state index is 13.0. The van der Waals surface area contributed by atoms with Crippen LogP contribution in [0.3, 0.4) is 0 Å². The molecule has 0 aliphatic carbocycles. The molecule has 0 saturated heterocycles. The van der Waals surface area contributed by atoms with E-state index in [9.17, 15) is 9.18 Å². The number of ether oxygens (including phenoxy) is 1. The predicted octanol–water partition coefficient (Wildman–Crippen LogP) is 3.82. The van der Waals surface area contributed by atoms with E-state index in [2.05, 4.69) is 20.2 Å². The molecule has 0 atom stereocenters. The highest BCUT2D eigenvalue weighted by Gasteiger charge is 2.09. The van der Waals surface area contributed by atoms with Crippen molar-refractivity contribution in [3.8, 4) is 23.0 Å². The monoisotopic (exact) mass is 401 g/mol. The van der Waals surface area contributed by atoms with Gasteiger partial charge >= 0.3 is 0 Å². The summed E-state index contributed by atoms with van der Waals surface area (Å²) in [5.74, 6) is 0.827. The average Bonchev–Trinajstić information content (AvgIpc) is 3.42. The Balaban J connectivity index is 1.39. The molecule has 5 aromatic rings. The normalized spacial score (nSPS) is 11.1. The molecule has 0 aliphatic heterocycles. The van der Waals surface area contributed by atoms with Crippen molar-refractivity contribution in [1.82, 2.24) is 24.7 Å². The lowest BCUT2D eigenvalue weighted by Crippen LogP contribution is -2.16. The quantitative estimate of drug-likeness (QED) is 0.469. The lowest BCUT2D eigenvalue weighted by molar-refractivity contribution is 0.305. The van der Waals surface area contributed by atoms with Crippen LogP contribution < -0.4 is 10.3 Å². The second-order valence-corrected chi connectivity index (χ2v) is 6.74. The van der Waals surface area contributed by atoms with Crippen LogP contribution in [0.2, 0.25) is 0 Å². The molecule has 0 bridgehead atoms. The Morgan fingerprint density at radius 1 is 1.03 bits per heavy atom. The number of aromatic nitrogens is 5. The molecular formula is C22H16FN5O2. The van der Waals surface area contributed by atoms with Crippen LogP contribution in [0.15, 0.2) is 77.9 Å². The maximum Gasteiger partial charge on any atom is 0.258 e. The Hall–Kier alpha value is -4.20. The van der Waals surface area contributed by atoms with Crippen LogP contribution in [0.25, 0.3) is 28.2 Å². The first-order chi connectivity index (χ1) is 14.7. The van der Waals surface area contributed by atoms with Gasteiger partial charge in [0, 0.05) is 18.5 Å². The van der Waals surface area contributed by atoms with Gasteiger partial charge in [-0.1, -0.05) is 12.1 Å². The minimum atomic E-state index is -0.299. The number of hydrogen-bond donors (Lipinski definition) is 2. The number of hydrogen-bond acceptors (Lipinski definition) is 4. The van der Waals surface area contributed by atoms with Crippen LogP contribution in [-0.2, 0) is 6.61 Å². The summed E-state index contributed by atoms with van der Waals surface area (Å²) in [6.07, 6.45) is 3.32. The summed E-state index contributed by atoms with van der Waals surface area (Å²) in [5, 5.41) is 6.80. The molecule has 5 rings (SSSR count). The van der Waals surface area contributed by atoms with Gasteiger partial charge in [-0.15, -0.1) is 0 Å². The van der Waals surface area contributed by atoms with E-state index in [0.717, 1.165) is 22.3 Å². The van der Waals surface area contributed by atoms with Gasteiger partial charge in [-0.2, -0.15) is 5.10 Å². The summed E-state index contributed by atoms with van der Waals surface area (Å²) in [4.78, 5) is 20.4. The molecule has 0 saturated carbocycles. The first-order valence-electron chi connectivity index (χ1n) is 9.25. The van der Waals surface area contributed by atoms with Gasteiger partial charge in [0.05, 0.1) is 16.7 Å². The largest absolute Gasteiger partial charge is 0.489 e. The van der Waals surface area contributed by atoms with Gasteiger partial charge in [-0.25, -0.2) is 9.37 Å². The third-order valence-corrected chi connectivity index (χ3v) is 4.71. The topological polar surface area (TPSA) is 88.6 Å². The first-order valence-corrected chi connectivity index (χ1v) is 9.25. The molecule has 0 aliphatic rings. The van der Waals surface area contributed by atoms with Crippen LogP contribution in [0.5, 0.6) is 5.75 Å². The van der Waals surface area contributed by atoms with Gasteiger partial charge in [-0.3, -0.25) is 14.5 Å². The number of aromatic amines is 2. The predicted molar refractivity (Wildman–Crippen MR) is 110 cm³/mol. The highest BCUT2D eigenvalue weighted by Crippen LogP contribution is 2.21. The molecule has 8 heteroatoms. The van der Waals surface area contributed by atoms with Crippen LogP contribution >= 0.6 is 0 Å². The molecule has 30 heavy (non-hydrogen) atoms. The molecule has 2 N–H and O–H groups in total. The van der Waals surface area contributed by atoms with E-state index >= 15 is 0 Å². The number of imidazole rings is 1.